The number of fused-ring (bicyclic) bond motifs is 1. The van der Waals surface area contributed by atoms with Crippen LogP contribution in [0.1, 0.15) is 70.3 Å². The van der Waals surface area contributed by atoms with Crippen LogP contribution in [-0.2, 0) is 16.5 Å². The summed E-state index contributed by atoms with van der Waals surface area (Å²) in [7, 11) is -4.20. The van der Waals surface area contributed by atoms with E-state index in [0.29, 0.717) is 5.39 Å². The van der Waals surface area contributed by atoms with E-state index in [4.69, 9.17) is 0 Å². The van der Waals surface area contributed by atoms with Crippen LogP contribution in [0.25, 0.3) is 10.8 Å². The topological polar surface area (TPSA) is 54.4 Å². The number of rotatable bonds is 11. The molecule has 0 radical (unpaired) electrons. The van der Waals surface area contributed by atoms with E-state index >= 15 is 0 Å². The summed E-state index contributed by atoms with van der Waals surface area (Å²) in [5.74, 6) is 0. The molecule has 0 bridgehead atoms. The zero-order valence-corrected chi connectivity index (χ0v) is 16.0. The van der Waals surface area contributed by atoms with E-state index in [-0.39, 0.29) is 4.90 Å². The van der Waals surface area contributed by atoms with Crippen molar-refractivity contribution in [1.82, 2.24) is 0 Å². The average molecular weight is 363 g/mol. The summed E-state index contributed by atoms with van der Waals surface area (Å²) in [6, 6.07) is 11.0. The Labute approximate surface area is 152 Å². The second-order valence-electron chi connectivity index (χ2n) is 6.87. The normalized spacial score (nSPS) is 11.9. The number of hydrogen-bond donors (Lipinski definition) is 1. The van der Waals surface area contributed by atoms with E-state index in [0.717, 1.165) is 23.8 Å². The summed E-state index contributed by atoms with van der Waals surface area (Å²) < 4.78 is 32.9. The molecule has 0 amide bonds. The van der Waals surface area contributed by atoms with E-state index in [1.807, 2.05) is 18.2 Å². The van der Waals surface area contributed by atoms with Gasteiger partial charge in [-0.2, -0.15) is 8.42 Å². The predicted molar refractivity (Wildman–Crippen MR) is 105 cm³/mol. The van der Waals surface area contributed by atoms with Crippen LogP contribution in [0.5, 0.6) is 0 Å². The molecule has 0 spiro atoms. The highest BCUT2D eigenvalue weighted by Crippen LogP contribution is 2.26. The summed E-state index contributed by atoms with van der Waals surface area (Å²) in [6.45, 7) is 2.24. The van der Waals surface area contributed by atoms with Gasteiger partial charge in [-0.15, -0.1) is 0 Å². The first-order chi connectivity index (χ1) is 12.0. The standard InChI is InChI=1S/C21H30O3S/c1-2-3-4-5-6-7-8-9-10-13-18-16-19-14-11-12-15-20(19)21(17-18)25(22,23)24/h11-12,14-17H,2-10,13H2,1H3,(H,22,23,24). The Morgan fingerprint density at radius 3 is 2.08 bits per heavy atom. The van der Waals surface area contributed by atoms with Crippen molar-refractivity contribution in [1.29, 1.82) is 0 Å². The summed E-state index contributed by atoms with van der Waals surface area (Å²) in [6.07, 6.45) is 12.3. The quantitative estimate of drug-likeness (QED) is 0.385. The average Bonchev–Trinajstić information content (AvgIpc) is 2.59. The molecule has 25 heavy (non-hydrogen) atoms. The van der Waals surface area contributed by atoms with Crippen LogP contribution >= 0.6 is 0 Å². The predicted octanol–water partition coefficient (Wildman–Crippen LogP) is 6.16. The lowest BCUT2D eigenvalue weighted by Gasteiger charge is -2.08. The van der Waals surface area contributed by atoms with Crippen LogP contribution in [0.3, 0.4) is 0 Å². The van der Waals surface area contributed by atoms with Crippen LogP contribution in [0.15, 0.2) is 41.3 Å². The maximum Gasteiger partial charge on any atom is 0.295 e. The molecule has 2 aromatic carbocycles. The fourth-order valence-electron chi connectivity index (χ4n) is 3.33. The first-order valence-electron chi connectivity index (χ1n) is 9.51. The van der Waals surface area contributed by atoms with Gasteiger partial charge in [-0.05, 0) is 29.9 Å². The Morgan fingerprint density at radius 2 is 1.44 bits per heavy atom. The van der Waals surface area contributed by atoms with Gasteiger partial charge < -0.3 is 0 Å². The van der Waals surface area contributed by atoms with Crippen LogP contribution < -0.4 is 0 Å². The molecule has 138 valence electrons. The number of aryl methyl sites for hydroxylation is 1. The van der Waals surface area contributed by atoms with Crippen LogP contribution in [0, 0.1) is 0 Å². The molecule has 0 unspecified atom stereocenters. The van der Waals surface area contributed by atoms with Crippen LogP contribution in [0.4, 0.5) is 0 Å². The Kier molecular flexibility index (Phi) is 7.91. The molecule has 0 saturated carbocycles. The van der Waals surface area contributed by atoms with E-state index in [2.05, 4.69) is 6.92 Å². The molecule has 3 nitrogen and oxygen atoms in total. The third-order valence-corrected chi connectivity index (χ3v) is 5.62. The van der Waals surface area contributed by atoms with Gasteiger partial charge in [0.05, 0.1) is 0 Å². The van der Waals surface area contributed by atoms with Gasteiger partial charge in [0.15, 0.2) is 0 Å². The third-order valence-electron chi connectivity index (χ3n) is 4.73. The molecule has 0 aliphatic heterocycles. The molecular weight excluding hydrogens is 332 g/mol. The fraction of sp³-hybridized carbons (Fsp3) is 0.524. The largest absolute Gasteiger partial charge is 0.295 e. The van der Waals surface area contributed by atoms with Gasteiger partial charge >= 0.3 is 0 Å². The lowest BCUT2D eigenvalue weighted by Crippen LogP contribution is -2.01. The Balaban J connectivity index is 1.87. The SMILES string of the molecule is CCCCCCCCCCCc1cc(S(=O)(=O)O)c2ccccc2c1. The van der Waals surface area contributed by atoms with Crippen molar-refractivity contribution in [3.8, 4) is 0 Å². The van der Waals surface area contributed by atoms with Crippen LogP contribution in [0.2, 0.25) is 0 Å². The van der Waals surface area contributed by atoms with Crippen molar-refractivity contribution in [2.75, 3.05) is 0 Å². The summed E-state index contributed by atoms with van der Waals surface area (Å²) in [4.78, 5) is 0.0246. The van der Waals surface area contributed by atoms with Crippen molar-refractivity contribution in [3.05, 3.63) is 42.0 Å². The van der Waals surface area contributed by atoms with E-state index in [9.17, 15) is 13.0 Å². The molecule has 0 saturated heterocycles. The molecule has 0 heterocycles. The van der Waals surface area contributed by atoms with Crippen LogP contribution in [-0.4, -0.2) is 13.0 Å². The molecule has 2 rings (SSSR count). The number of unbranched alkanes of at least 4 members (excludes halogenated alkanes) is 8. The van der Waals surface area contributed by atoms with Crippen molar-refractivity contribution in [2.24, 2.45) is 0 Å². The minimum atomic E-state index is -4.20. The molecule has 0 fully saturated rings. The van der Waals surface area contributed by atoms with Gasteiger partial charge in [0, 0.05) is 5.39 Å². The Bertz CT molecular complexity index is 766. The molecule has 2 aromatic rings. The van der Waals surface area contributed by atoms with E-state index < -0.39 is 10.1 Å². The van der Waals surface area contributed by atoms with Gasteiger partial charge in [-0.1, -0.05) is 88.6 Å². The Morgan fingerprint density at radius 1 is 0.840 bits per heavy atom. The lowest BCUT2D eigenvalue weighted by molar-refractivity contribution is 0.484. The molecule has 1 N–H and O–H groups in total. The third kappa shape index (κ3) is 6.44. The zero-order chi connectivity index (χ0) is 18.1. The molecular formula is C21H30O3S. The summed E-state index contributed by atoms with van der Waals surface area (Å²) >= 11 is 0. The molecule has 0 aliphatic carbocycles. The first-order valence-corrected chi connectivity index (χ1v) is 11.0. The summed E-state index contributed by atoms with van der Waals surface area (Å²) in [5.41, 5.74) is 0.981. The number of benzene rings is 2. The van der Waals surface area contributed by atoms with Gasteiger partial charge in [-0.3, -0.25) is 4.55 Å². The van der Waals surface area contributed by atoms with E-state index in [1.165, 1.54) is 51.4 Å². The second-order valence-corrected chi connectivity index (χ2v) is 8.26. The molecule has 4 heteroatoms. The van der Waals surface area contributed by atoms with Crippen molar-refractivity contribution in [3.63, 3.8) is 0 Å². The maximum absolute atomic E-state index is 11.7. The van der Waals surface area contributed by atoms with Crippen molar-refractivity contribution in [2.45, 2.75) is 76.0 Å². The second kappa shape index (κ2) is 9.93. The highest BCUT2D eigenvalue weighted by atomic mass is 32.2. The monoisotopic (exact) mass is 362 g/mol. The van der Waals surface area contributed by atoms with E-state index in [1.54, 1.807) is 18.2 Å². The first kappa shape index (κ1) is 19.9. The smallest absolute Gasteiger partial charge is 0.282 e. The Hall–Kier alpha value is -1.39. The highest BCUT2D eigenvalue weighted by Gasteiger charge is 2.15. The van der Waals surface area contributed by atoms with Crippen molar-refractivity contribution >= 4 is 20.9 Å². The van der Waals surface area contributed by atoms with Gasteiger partial charge in [0.1, 0.15) is 4.90 Å². The molecule has 0 aliphatic rings. The lowest BCUT2D eigenvalue weighted by atomic mass is 10.0. The maximum atomic E-state index is 11.7. The molecule has 0 aromatic heterocycles. The van der Waals surface area contributed by atoms with Gasteiger partial charge in [0.2, 0.25) is 0 Å². The van der Waals surface area contributed by atoms with Crippen molar-refractivity contribution < 1.29 is 13.0 Å². The highest BCUT2D eigenvalue weighted by molar-refractivity contribution is 7.86. The number of hydrogen-bond acceptors (Lipinski definition) is 2. The molecule has 0 atom stereocenters. The minimum Gasteiger partial charge on any atom is -0.282 e. The fourth-order valence-corrected chi connectivity index (χ4v) is 4.10. The zero-order valence-electron chi connectivity index (χ0n) is 15.2. The summed E-state index contributed by atoms with van der Waals surface area (Å²) in [5, 5.41) is 1.45. The van der Waals surface area contributed by atoms with Gasteiger partial charge in [0.25, 0.3) is 10.1 Å². The van der Waals surface area contributed by atoms with Gasteiger partial charge in [-0.25, -0.2) is 0 Å². The minimum absolute atomic E-state index is 0.0246.